The lowest BCUT2D eigenvalue weighted by atomic mass is 9.90. The van der Waals surface area contributed by atoms with Gasteiger partial charge in [-0.15, -0.1) is 0 Å². The van der Waals surface area contributed by atoms with Crippen molar-refractivity contribution in [3.05, 3.63) is 18.2 Å². The summed E-state index contributed by atoms with van der Waals surface area (Å²) in [6.45, 7) is 5.36. The van der Waals surface area contributed by atoms with Crippen molar-refractivity contribution in [2.45, 2.75) is 25.2 Å². The average molecular weight is 298 g/mol. The lowest BCUT2D eigenvalue weighted by Crippen LogP contribution is -2.42. The van der Waals surface area contributed by atoms with Crippen molar-refractivity contribution in [2.75, 3.05) is 25.9 Å². The molecule has 2 rings (SSSR count). The Balaban J connectivity index is 2.31. The van der Waals surface area contributed by atoms with Gasteiger partial charge >= 0.3 is 0 Å². The Bertz CT molecular complexity index is 586. The lowest BCUT2D eigenvalue weighted by molar-refractivity contribution is 0.212. The molecule has 0 saturated carbocycles. The van der Waals surface area contributed by atoms with Gasteiger partial charge in [-0.2, -0.15) is 4.31 Å². The van der Waals surface area contributed by atoms with Gasteiger partial charge in [-0.25, -0.2) is 8.42 Å². The topological polar surface area (TPSA) is 72.6 Å². The Kier molecular flexibility index (Phi) is 4.25. The molecule has 1 heterocycles. The van der Waals surface area contributed by atoms with Crippen LogP contribution < -0.4 is 10.5 Å². The van der Waals surface area contributed by atoms with E-state index >= 15 is 0 Å². The summed E-state index contributed by atoms with van der Waals surface area (Å²) < 4.78 is 31.9. The molecule has 0 bridgehead atoms. The van der Waals surface area contributed by atoms with Crippen molar-refractivity contribution in [1.82, 2.24) is 4.31 Å². The largest absolute Gasteiger partial charge is 0.497 e. The van der Waals surface area contributed by atoms with Gasteiger partial charge in [-0.3, -0.25) is 0 Å². The van der Waals surface area contributed by atoms with Gasteiger partial charge in [-0.05, 0) is 30.4 Å². The van der Waals surface area contributed by atoms with Crippen molar-refractivity contribution in [2.24, 2.45) is 11.8 Å². The molecule has 0 aromatic heterocycles. The van der Waals surface area contributed by atoms with E-state index in [1.54, 1.807) is 12.1 Å². The first-order valence-electron chi connectivity index (χ1n) is 6.80. The maximum absolute atomic E-state index is 12.7. The van der Waals surface area contributed by atoms with E-state index in [0.717, 1.165) is 6.42 Å². The van der Waals surface area contributed by atoms with E-state index in [-0.39, 0.29) is 10.6 Å². The maximum atomic E-state index is 12.7. The minimum absolute atomic E-state index is 0.167. The average Bonchev–Trinajstić information content (AvgIpc) is 2.41. The fraction of sp³-hybridized carbons (Fsp3) is 0.571. The highest BCUT2D eigenvalue weighted by atomic mass is 32.2. The van der Waals surface area contributed by atoms with Crippen LogP contribution in [0.25, 0.3) is 0 Å². The third-order valence-corrected chi connectivity index (χ3v) is 6.07. The fourth-order valence-corrected chi connectivity index (χ4v) is 4.12. The Labute approximate surface area is 120 Å². The molecule has 1 aliphatic rings. The second-order valence-electron chi connectivity index (χ2n) is 5.51. The summed E-state index contributed by atoms with van der Waals surface area (Å²) >= 11 is 0. The van der Waals surface area contributed by atoms with E-state index in [0.29, 0.717) is 30.7 Å². The van der Waals surface area contributed by atoms with Gasteiger partial charge in [-0.1, -0.05) is 13.8 Å². The van der Waals surface area contributed by atoms with Crippen LogP contribution >= 0.6 is 0 Å². The number of piperidine rings is 1. The third kappa shape index (κ3) is 2.76. The quantitative estimate of drug-likeness (QED) is 0.866. The highest BCUT2D eigenvalue weighted by Crippen LogP contribution is 2.31. The number of ether oxygens (including phenoxy) is 1. The molecule has 1 aromatic carbocycles. The first-order valence-corrected chi connectivity index (χ1v) is 8.24. The summed E-state index contributed by atoms with van der Waals surface area (Å²) in [6.07, 6.45) is 0.885. The van der Waals surface area contributed by atoms with Crippen molar-refractivity contribution in [1.29, 1.82) is 0 Å². The molecule has 1 aliphatic heterocycles. The molecule has 1 fully saturated rings. The number of hydrogen-bond donors (Lipinski definition) is 1. The Morgan fingerprint density at radius 1 is 1.30 bits per heavy atom. The van der Waals surface area contributed by atoms with Gasteiger partial charge in [0.15, 0.2) is 0 Å². The van der Waals surface area contributed by atoms with Crippen LogP contribution in [0.5, 0.6) is 5.75 Å². The number of nitrogens with two attached hydrogens (primary N) is 1. The Hall–Kier alpha value is -1.27. The fourth-order valence-electron chi connectivity index (χ4n) is 2.47. The standard InChI is InChI=1S/C14H22N2O3S/c1-10-6-7-16(9-11(10)2)20(17,18)14-5-4-12(19-3)8-13(14)15/h4-5,8,10-11H,6-7,9,15H2,1-3H3. The molecule has 0 spiro atoms. The van der Waals surface area contributed by atoms with Crippen LogP contribution in [0.3, 0.4) is 0 Å². The van der Waals surface area contributed by atoms with Crippen LogP contribution in [0.4, 0.5) is 5.69 Å². The predicted molar refractivity (Wildman–Crippen MR) is 79.1 cm³/mol. The molecule has 1 saturated heterocycles. The van der Waals surface area contributed by atoms with Crippen LogP contribution in [-0.2, 0) is 10.0 Å². The van der Waals surface area contributed by atoms with Crippen LogP contribution in [-0.4, -0.2) is 32.9 Å². The first-order chi connectivity index (χ1) is 9.36. The molecular formula is C14H22N2O3S. The van der Waals surface area contributed by atoms with E-state index in [4.69, 9.17) is 10.5 Å². The zero-order chi connectivity index (χ0) is 14.9. The van der Waals surface area contributed by atoms with E-state index in [1.165, 1.54) is 17.5 Å². The van der Waals surface area contributed by atoms with Crippen LogP contribution in [0.2, 0.25) is 0 Å². The molecule has 2 N–H and O–H groups in total. The summed E-state index contributed by atoms with van der Waals surface area (Å²) in [5, 5.41) is 0. The van der Waals surface area contributed by atoms with Crippen molar-refractivity contribution < 1.29 is 13.2 Å². The number of benzene rings is 1. The van der Waals surface area contributed by atoms with E-state index in [9.17, 15) is 8.42 Å². The number of methoxy groups -OCH3 is 1. The lowest BCUT2D eigenvalue weighted by Gasteiger charge is -2.34. The summed E-state index contributed by atoms with van der Waals surface area (Å²) in [4.78, 5) is 0.167. The molecule has 0 amide bonds. The van der Waals surface area contributed by atoms with E-state index in [1.807, 2.05) is 0 Å². The summed E-state index contributed by atoms with van der Waals surface area (Å²) in [5.41, 5.74) is 6.10. The second kappa shape index (κ2) is 5.61. The summed E-state index contributed by atoms with van der Waals surface area (Å²) in [6, 6.07) is 4.69. The van der Waals surface area contributed by atoms with Gasteiger partial charge in [0.25, 0.3) is 0 Å². The summed E-state index contributed by atoms with van der Waals surface area (Å²) in [7, 11) is -2.00. The highest BCUT2D eigenvalue weighted by molar-refractivity contribution is 7.89. The molecule has 0 radical (unpaired) electrons. The van der Waals surface area contributed by atoms with Gasteiger partial charge in [0.05, 0.1) is 12.8 Å². The molecule has 5 nitrogen and oxygen atoms in total. The SMILES string of the molecule is COc1ccc(S(=O)(=O)N2CCC(C)C(C)C2)c(N)c1. The van der Waals surface area contributed by atoms with Gasteiger partial charge < -0.3 is 10.5 Å². The molecule has 1 aromatic rings. The minimum atomic E-state index is -3.52. The number of nitrogens with zero attached hydrogens (tertiary/aromatic N) is 1. The summed E-state index contributed by atoms with van der Waals surface area (Å²) in [5.74, 6) is 1.47. The zero-order valence-corrected chi connectivity index (χ0v) is 13.0. The van der Waals surface area contributed by atoms with Crippen molar-refractivity contribution >= 4 is 15.7 Å². The second-order valence-corrected chi connectivity index (χ2v) is 7.42. The van der Waals surface area contributed by atoms with Crippen LogP contribution in [0.1, 0.15) is 20.3 Å². The zero-order valence-electron chi connectivity index (χ0n) is 12.2. The predicted octanol–water partition coefficient (Wildman–Crippen LogP) is 1.94. The van der Waals surface area contributed by atoms with Gasteiger partial charge in [0, 0.05) is 19.2 Å². The smallest absolute Gasteiger partial charge is 0.245 e. The number of nitrogen functional groups attached to an aromatic ring is 1. The molecule has 2 unspecified atom stereocenters. The molecular weight excluding hydrogens is 276 g/mol. The monoisotopic (exact) mass is 298 g/mol. The van der Waals surface area contributed by atoms with Gasteiger partial charge in [0.1, 0.15) is 10.6 Å². The van der Waals surface area contributed by atoms with E-state index in [2.05, 4.69) is 13.8 Å². The van der Waals surface area contributed by atoms with Crippen molar-refractivity contribution in [3.8, 4) is 5.75 Å². The minimum Gasteiger partial charge on any atom is -0.497 e. The van der Waals surface area contributed by atoms with E-state index < -0.39 is 10.0 Å². The molecule has 112 valence electrons. The number of hydrogen-bond acceptors (Lipinski definition) is 4. The number of anilines is 1. The molecule has 2 atom stereocenters. The van der Waals surface area contributed by atoms with Gasteiger partial charge in [0.2, 0.25) is 10.0 Å². The molecule has 20 heavy (non-hydrogen) atoms. The van der Waals surface area contributed by atoms with Crippen molar-refractivity contribution in [3.63, 3.8) is 0 Å². The first kappa shape index (κ1) is 15.1. The molecule has 0 aliphatic carbocycles. The Morgan fingerprint density at radius 3 is 2.55 bits per heavy atom. The Morgan fingerprint density at radius 2 is 2.00 bits per heavy atom. The molecule has 6 heteroatoms. The normalized spacial score (nSPS) is 24.6. The van der Waals surface area contributed by atoms with Crippen LogP contribution in [0.15, 0.2) is 23.1 Å². The van der Waals surface area contributed by atoms with Crippen LogP contribution in [0, 0.1) is 11.8 Å². The maximum Gasteiger partial charge on any atom is 0.245 e. The number of rotatable bonds is 3. The highest BCUT2D eigenvalue weighted by Gasteiger charge is 2.32. The third-order valence-electron chi connectivity index (χ3n) is 4.13. The number of sulfonamides is 1.